The van der Waals surface area contributed by atoms with Crippen LogP contribution in [-0.4, -0.2) is 29.4 Å². The topological polar surface area (TPSA) is 37.2 Å². The van der Waals surface area contributed by atoms with Gasteiger partial charge in [-0.2, -0.15) is 13.2 Å². The second-order valence-electron chi connectivity index (χ2n) is 5.97. The molecule has 2 atom stereocenters. The lowest BCUT2D eigenvalue weighted by Crippen LogP contribution is -2.33. The van der Waals surface area contributed by atoms with Crippen LogP contribution in [0.3, 0.4) is 0 Å². The highest BCUT2D eigenvalue weighted by molar-refractivity contribution is 5.85. The smallest absolute Gasteiger partial charge is 0.389 e. The number of nitrogens with one attached hydrogen (secondary N) is 1. The minimum atomic E-state index is -4.41. The molecule has 2 aromatic carbocycles. The summed E-state index contributed by atoms with van der Waals surface area (Å²) in [7, 11) is 1.72. The van der Waals surface area contributed by atoms with E-state index in [9.17, 15) is 18.3 Å². The molecular weight excluding hydrogens is 365 g/mol. The maximum atomic E-state index is 13.1. The number of aromatic nitrogens is 1. The number of likely N-dealkylation sites (N-methyl/N-ethyl adjacent to an activating group) is 1. The quantitative estimate of drug-likeness (QED) is 0.690. The largest absolute Gasteiger partial charge is 0.416 e. The van der Waals surface area contributed by atoms with Crippen LogP contribution in [0, 0.1) is 0 Å². The van der Waals surface area contributed by atoms with Gasteiger partial charge in [0.15, 0.2) is 0 Å². The molecule has 0 radical (unpaired) electrons. The van der Waals surface area contributed by atoms with E-state index in [4.69, 9.17) is 0 Å². The zero-order chi connectivity index (χ0) is 18.0. The van der Waals surface area contributed by atoms with Crippen LogP contribution in [0.1, 0.15) is 17.2 Å². The summed E-state index contributed by atoms with van der Waals surface area (Å²) in [6.07, 6.45) is -3.48. The van der Waals surface area contributed by atoms with Gasteiger partial charge in [-0.25, -0.2) is 0 Å². The maximum Gasteiger partial charge on any atom is 0.416 e. The summed E-state index contributed by atoms with van der Waals surface area (Å²) in [6, 6.07) is 14.2. The Labute approximate surface area is 155 Å². The van der Waals surface area contributed by atoms with Gasteiger partial charge in [0, 0.05) is 18.3 Å². The lowest BCUT2D eigenvalue weighted by Gasteiger charge is -2.26. The van der Waals surface area contributed by atoms with Crippen molar-refractivity contribution in [2.75, 3.05) is 13.6 Å². The highest BCUT2D eigenvalue weighted by atomic mass is 35.5. The number of aliphatic hydroxyl groups is 1. The first kappa shape index (κ1) is 20.3. The molecule has 7 heteroatoms. The molecule has 3 nitrogen and oxygen atoms in total. The molecule has 0 aliphatic heterocycles. The average Bonchev–Trinajstić information content (AvgIpc) is 2.99. The number of alkyl halides is 3. The molecular formula is C19H20ClF3N2O. The molecule has 0 aliphatic rings. The standard InChI is InChI=1S/C19H19F3N2O.ClH/c1-23-12-17(25)18(14-5-3-2-4-6-14)24-10-9-13-7-8-15(11-16(13)24)19(20,21)22;/h2-11,17-18,23,25H,12H2,1H3;1H/t17-,18+;/m1./s1. The number of rotatable bonds is 5. The number of halogens is 4. The van der Waals surface area contributed by atoms with Gasteiger partial charge in [0.1, 0.15) is 0 Å². The predicted molar refractivity (Wildman–Crippen MR) is 98.7 cm³/mol. The van der Waals surface area contributed by atoms with Crippen molar-refractivity contribution in [2.45, 2.75) is 18.3 Å². The molecule has 0 saturated carbocycles. The Morgan fingerprint density at radius 2 is 1.77 bits per heavy atom. The summed E-state index contributed by atoms with van der Waals surface area (Å²) in [6.45, 7) is 0.318. The van der Waals surface area contributed by atoms with Crippen molar-refractivity contribution in [1.29, 1.82) is 0 Å². The summed E-state index contributed by atoms with van der Waals surface area (Å²) < 4.78 is 41.0. The van der Waals surface area contributed by atoms with Crippen LogP contribution < -0.4 is 5.32 Å². The maximum absolute atomic E-state index is 13.1. The molecule has 0 saturated heterocycles. The normalized spacial score (nSPS) is 14.0. The van der Waals surface area contributed by atoms with Gasteiger partial charge in [-0.05, 0) is 36.2 Å². The van der Waals surface area contributed by atoms with E-state index in [0.717, 1.165) is 17.7 Å². The van der Waals surface area contributed by atoms with E-state index < -0.39 is 23.9 Å². The average molecular weight is 385 g/mol. The van der Waals surface area contributed by atoms with Crippen LogP contribution in [0.25, 0.3) is 10.9 Å². The van der Waals surface area contributed by atoms with E-state index in [0.29, 0.717) is 17.4 Å². The summed E-state index contributed by atoms with van der Waals surface area (Å²) >= 11 is 0. The first-order chi connectivity index (χ1) is 11.9. The molecule has 0 bridgehead atoms. The molecule has 0 unspecified atom stereocenters. The van der Waals surface area contributed by atoms with Gasteiger partial charge >= 0.3 is 6.18 Å². The highest BCUT2D eigenvalue weighted by Gasteiger charge is 2.31. The summed E-state index contributed by atoms with van der Waals surface area (Å²) in [5.74, 6) is 0. The Morgan fingerprint density at radius 3 is 2.38 bits per heavy atom. The Kier molecular flexibility index (Phi) is 6.34. The van der Waals surface area contributed by atoms with Gasteiger partial charge in [-0.15, -0.1) is 12.4 Å². The molecule has 1 aromatic heterocycles. The number of fused-ring (bicyclic) bond motifs is 1. The van der Waals surface area contributed by atoms with Crippen molar-refractivity contribution in [2.24, 2.45) is 0 Å². The van der Waals surface area contributed by atoms with Crippen molar-refractivity contribution in [3.8, 4) is 0 Å². The van der Waals surface area contributed by atoms with E-state index in [1.807, 2.05) is 30.3 Å². The second kappa shape index (κ2) is 8.12. The molecule has 0 fully saturated rings. The van der Waals surface area contributed by atoms with E-state index in [1.54, 1.807) is 23.9 Å². The summed E-state index contributed by atoms with van der Waals surface area (Å²) in [5, 5.41) is 14.2. The fourth-order valence-corrected chi connectivity index (χ4v) is 3.11. The molecule has 3 rings (SSSR count). The van der Waals surface area contributed by atoms with Crippen molar-refractivity contribution >= 4 is 23.3 Å². The van der Waals surface area contributed by atoms with Gasteiger partial charge in [0.25, 0.3) is 0 Å². The monoisotopic (exact) mass is 384 g/mol. The van der Waals surface area contributed by atoms with Crippen LogP contribution in [0.2, 0.25) is 0 Å². The van der Waals surface area contributed by atoms with E-state index in [-0.39, 0.29) is 12.4 Å². The van der Waals surface area contributed by atoms with E-state index in [1.165, 1.54) is 6.07 Å². The number of aliphatic hydroxyl groups excluding tert-OH is 1. The predicted octanol–water partition coefficient (Wildman–Crippen LogP) is 4.25. The second-order valence-corrected chi connectivity index (χ2v) is 5.97. The first-order valence-corrected chi connectivity index (χ1v) is 7.97. The van der Waals surface area contributed by atoms with E-state index >= 15 is 0 Å². The van der Waals surface area contributed by atoms with Crippen molar-refractivity contribution in [3.05, 3.63) is 71.9 Å². The molecule has 140 valence electrons. The summed E-state index contributed by atoms with van der Waals surface area (Å²) in [4.78, 5) is 0. The van der Waals surface area contributed by atoms with Crippen LogP contribution in [0.15, 0.2) is 60.8 Å². The van der Waals surface area contributed by atoms with Gasteiger partial charge < -0.3 is 15.0 Å². The van der Waals surface area contributed by atoms with E-state index in [2.05, 4.69) is 5.32 Å². The molecule has 1 heterocycles. The number of benzene rings is 2. The fourth-order valence-electron chi connectivity index (χ4n) is 3.11. The minimum Gasteiger partial charge on any atom is -0.389 e. The number of nitrogens with zero attached hydrogens (tertiary/aromatic N) is 1. The number of hydrogen-bond donors (Lipinski definition) is 2. The molecule has 26 heavy (non-hydrogen) atoms. The van der Waals surface area contributed by atoms with Crippen LogP contribution in [0.4, 0.5) is 13.2 Å². The lowest BCUT2D eigenvalue weighted by molar-refractivity contribution is -0.137. The zero-order valence-electron chi connectivity index (χ0n) is 14.1. The molecule has 0 spiro atoms. The Bertz CT molecular complexity index is 849. The van der Waals surface area contributed by atoms with Crippen molar-refractivity contribution in [1.82, 2.24) is 9.88 Å². The third-order valence-corrected chi connectivity index (χ3v) is 4.27. The van der Waals surface area contributed by atoms with Gasteiger partial charge in [-0.1, -0.05) is 36.4 Å². The van der Waals surface area contributed by atoms with Gasteiger partial charge in [-0.3, -0.25) is 0 Å². The Hall–Kier alpha value is -2.02. The van der Waals surface area contributed by atoms with Crippen molar-refractivity contribution in [3.63, 3.8) is 0 Å². The molecule has 0 amide bonds. The first-order valence-electron chi connectivity index (χ1n) is 7.97. The molecule has 0 aliphatic carbocycles. The van der Waals surface area contributed by atoms with Crippen LogP contribution in [0.5, 0.6) is 0 Å². The van der Waals surface area contributed by atoms with Crippen LogP contribution in [-0.2, 0) is 6.18 Å². The minimum absolute atomic E-state index is 0. The lowest BCUT2D eigenvalue weighted by atomic mass is 10.0. The molecule has 2 N–H and O–H groups in total. The zero-order valence-corrected chi connectivity index (χ0v) is 14.9. The van der Waals surface area contributed by atoms with Gasteiger partial charge in [0.05, 0.1) is 17.7 Å². The highest BCUT2D eigenvalue weighted by Crippen LogP contribution is 2.34. The van der Waals surface area contributed by atoms with Gasteiger partial charge in [0.2, 0.25) is 0 Å². The van der Waals surface area contributed by atoms with Crippen LogP contribution >= 0.6 is 12.4 Å². The third kappa shape index (κ3) is 4.03. The third-order valence-electron chi connectivity index (χ3n) is 4.27. The molecule has 3 aromatic rings. The SMILES string of the molecule is CNC[C@@H](O)[C@H](c1ccccc1)n1ccc2ccc(C(F)(F)F)cc21.Cl. The fraction of sp³-hybridized carbons (Fsp3) is 0.263. The number of hydrogen-bond acceptors (Lipinski definition) is 2. The Balaban J connectivity index is 0.00000243. The Morgan fingerprint density at radius 1 is 1.08 bits per heavy atom. The summed E-state index contributed by atoms with van der Waals surface area (Å²) in [5.41, 5.74) is 0.578. The van der Waals surface area contributed by atoms with Crippen molar-refractivity contribution < 1.29 is 18.3 Å².